The maximum absolute atomic E-state index is 14.1. The molecule has 0 bridgehead atoms. The van der Waals surface area contributed by atoms with Gasteiger partial charge < -0.3 is 41.3 Å². The van der Waals surface area contributed by atoms with Gasteiger partial charge in [0.15, 0.2) is 17.2 Å². The van der Waals surface area contributed by atoms with Gasteiger partial charge in [-0.05, 0) is 50.6 Å². The van der Waals surface area contributed by atoms with Gasteiger partial charge in [-0.15, -0.1) is 0 Å². The van der Waals surface area contributed by atoms with Gasteiger partial charge in [-0.3, -0.25) is 14.4 Å². The van der Waals surface area contributed by atoms with Gasteiger partial charge in [0.2, 0.25) is 5.91 Å². The molecule has 2 aromatic carbocycles. The predicted octanol–water partition coefficient (Wildman–Crippen LogP) is 1.17. The number of carbonyl (C=O) groups is 3. The number of nitrogens with zero attached hydrogens (tertiary/aromatic N) is 2. The molecule has 4 rings (SSSR count). The van der Waals surface area contributed by atoms with Crippen molar-refractivity contribution in [3.05, 3.63) is 69.7 Å². The normalized spacial score (nSPS) is 22.3. The van der Waals surface area contributed by atoms with E-state index in [1.165, 1.54) is 6.07 Å². The number of benzene rings is 2. The molecule has 0 unspecified atom stereocenters. The summed E-state index contributed by atoms with van der Waals surface area (Å²) in [5.41, 5.74) is 4.24. The van der Waals surface area contributed by atoms with E-state index in [1.54, 1.807) is 62.3 Å². The SMILES string of the molecule is CN(C)c1cc(CNCc2ccccc2F)c(O)c2c1C[C@H]1C[C@@H]([C@H](CO)N(C)C)[C@@](O)(C(=O)CC(N)=O)C(O)=C1C2=O. The number of phenols is 1. The first-order valence-electron chi connectivity index (χ1n) is 14.0. The van der Waals surface area contributed by atoms with Crippen LogP contribution in [0.2, 0.25) is 0 Å². The highest BCUT2D eigenvalue weighted by atomic mass is 19.1. The van der Waals surface area contributed by atoms with Crippen LogP contribution in [0.25, 0.3) is 0 Å². The van der Waals surface area contributed by atoms with E-state index in [1.807, 2.05) is 0 Å². The highest BCUT2D eigenvalue weighted by Crippen LogP contribution is 2.51. The largest absolute Gasteiger partial charge is 0.508 e. The summed E-state index contributed by atoms with van der Waals surface area (Å²) < 4.78 is 14.1. The number of primary amides is 1. The Morgan fingerprint density at radius 3 is 2.37 bits per heavy atom. The summed E-state index contributed by atoms with van der Waals surface area (Å²) in [6.07, 6.45) is -0.680. The number of likely N-dealkylation sites (N-methyl/N-ethyl adjacent to an activating group) is 1. The van der Waals surface area contributed by atoms with E-state index in [-0.39, 0.29) is 48.6 Å². The molecule has 12 heteroatoms. The van der Waals surface area contributed by atoms with E-state index in [2.05, 4.69) is 5.32 Å². The number of aliphatic hydroxyl groups excluding tert-OH is 2. The monoisotopic (exact) mass is 598 g/mol. The van der Waals surface area contributed by atoms with Gasteiger partial charge in [-0.2, -0.15) is 0 Å². The van der Waals surface area contributed by atoms with Crippen LogP contribution in [-0.4, -0.2) is 89.2 Å². The van der Waals surface area contributed by atoms with E-state index in [4.69, 9.17) is 5.73 Å². The van der Waals surface area contributed by atoms with Crippen molar-refractivity contribution in [2.45, 2.75) is 44.0 Å². The van der Waals surface area contributed by atoms with Crippen LogP contribution in [0.5, 0.6) is 5.75 Å². The molecule has 2 aliphatic rings. The number of Topliss-reactive ketones (excluding diaryl/α,β-unsaturated/α-hetero) is 2. The third-order valence-electron chi connectivity index (χ3n) is 8.63. The molecule has 0 saturated carbocycles. The van der Waals surface area contributed by atoms with Gasteiger partial charge in [-0.25, -0.2) is 4.39 Å². The van der Waals surface area contributed by atoms with Crippen LogP contribution < -0.4 is 16.0 Å². The summed E-state index contributed by atoms with van der Waals surface area (Å²) in [7, 11) is 6.85. The average Bonchev–Trinajstić information content (AvgIpc) is 2.93. The van der Waals surface area contributed by atoms with Crippen molar-refractivity contribution in [3.8, 4) is 5.75 Å². The smallest absolute Gasteiger partial charge is 0.225 e. The van der Waals surface area contributed by atoms with Crippen LogP contribution in [0.15, 0.2) is 41.7 Å². The fourth-order valence-corrected chi connectivity index (χ4v) is 6.46. The molecule has 0 spiro atoms. The van der Waals surface area contributed by atoms with Crippen LogP contribution >= 0.6 is 0 Å². The fourth-order valence-electron chi connectivity index (χ4n) is 6.46. The number of amides is 1. The second-order valence-corrected chi connectivity index (χ2v) is 11.7. The lowest BCUT2D eigenvalue weighted by atomic mass is 9.61. The molecular weight excluding hydrogens is 559 g/mol. The molecular formula is C31H39FN4O7. The molecule has 0 aliphatic heterocycles. The molecule has 2 aliphatic carbocycles. The summed E-state index contributed by atoms with van der Waals surface area (Å²) in [6, 6.07) is 7.20. The van der Waals surface area contributed by atoms with Crippen molar-refractivity contribution >= 4 is 23.2 Å². The number of aliphatic hydroxyl groups is 3. The van der Waals surface area contributed by atoms with Crippen molar-refractivity contribution in [3.63, 3.8) is 0 Å². The van der Waals surface area contributed by atoms with E-state index in [9.17, 15) is 39.2 Å². The number of hydrogen-bond donors (Lipinski definition) is 6. The zero-order valence-electron chi connectivity index (χ0n) is 24.7. The van der Waals surface area contributed by atoms with Crippen molar-refractivity contribution in [2.75, 3.05) is 39.7 Å². The van der Waals surface area contributed by atoms with Gasteiger partial charge in [0.1, 0.15) is 17.3 Å². The van der Waals surface area contributed by atoms with Gasteiger partial charge >= 0.3 is 0 Å². The molecule has 2 aromatic rings. The lowest BCUT2D eigenvalue weighted by Crippen LogP contribution is -2.60. The lowest BCUT2D eigenvalue weighted by Gasteiger charge is -2.47. The van der Waals surface area contributed by atoms with Crippen LogP contribution in [0.4, 0.5) is 10.1 Å². The van der Waals surface area contributed by atoms with Gasteiger partial charge in [0, 0.05) is 61.5 Å². The van der Waals surface area contributed by atoms with E-state index >= 15 is 0 Å². The van der Waals surface area contributed by atoms with Crippen LogP contribution in [0.3, 0.4) is 0 Å². The Kier molecular flexibility index (Phi) is 9.26. The topological polar surface area (TPSA) is 177 Å². The number of phenolic OH excluding ortho intramolecular Hbond substituents is 1. The minimum absolute atomic E-state index is 0.0224. The molecule has 0 radical (unpaired) electrons. The number of aromatic hydroxyl groups is 1. The number of nitrogens with two attached hydrogens (primary N) is 1. The summed E-state index contributed by atoms with van der Waals surface area (Å²) in [5.74, 6) is -6.22. The van der Waals surface area contributed by atoms with E-state index in [0.29, 0.717) is 22.4 Å². The molecule has 0 fully saturated rings. The Labute approximate surface area is 249 Å². The first-order chi connectivity index (χ1) is 20.2. The number of allylic oxidation sites excluding steroid dienone is 1. The van der Waals surface area contributed by atoms with Gasteiger partial charge in [0.25, 0.3) is 0 Å². The minimum Gasteiger partial charge on any atom is -0.508 e. The Hall–Kier alpha value is -3.84. The molecule has 0 heterocycles. The molecule has 7 N–H and O–H groups in total. The van der Waals surface area contributed by atoms with E-state index in [0.717, 1.165) is 0 Å². The average molecular weight is 599 g/mol. The quantitative estimate of drug-likeness (QED) is 0.206. The van der Waals surface area contributed by atoms with Crippen molar-refractivity contribution in [2.24, 2.45) is 17.6 Å². The molecule has 232 valence electrons. The van der Waals surface area contributed by atoms with Crippen molar-refractivity contribution < 1.29 is 39.2 Å². The molecule has 11 nitrogen and oxygen atoms in total. The maximum atomic E-state index is 14.1. The number of nitrogens with one attached hydrogen (secondary N) is 1. The van der Waals surface area contributed by atoms with Crippen LogP contribution in [0.1, 0.15) is 39.9 Å². The maximum Gasteiger partial charge on any atom is 0.225 e. The lowest BCUT2D eigenvalue weighted by molar-refractivity contribution is -0.151. The third kappa shape index (κ3) is 5.75. The van der Waals surface area contributed by atoms with Crippen molar-refractivity contribution in [1.29, 1.82) is 0 Å². The molecule has 43 heavy (non-hydrogen) atoms. The predicted molar refractivity (Wildman–Crippen MR) is 157 cm³/mol. The highest BCUT2D eigenvalue weighted by Gasteiger charge is 2.58. The Morgan fingerprint density at radius 1 is 1.14 bits per heavy atom. The highest BCUT2D eigenvalue weighted by molar-refractivity contribution is 6.15. The first-order valence-corrected chi connectivity index (χ1v) is 14.0. The number of fused-ring (bicyclic) bond motifs is 2. The summed E-state index contributed by atoms with van der Waals surface area (Å²) in [4.78, 5) is 42.5. The number of ketones is 2. The number of halogens is 1. The number of hydrogen-bond acceptors (Lipinski definition) is 10. The fraction of sp³-hybridized carbons (Fsp3) is 0.452. The number of anilines is 1. The third-order valence-corrected chi connectivity index (χ3v) is 8.63. The van der Waals surface area contributed by atoms with Crippen LogP contribution in [0, 0.1) is 17.7 Å². The van der Waals surface area contributed by atoms with Crippen molar-refractivity contribution in [1.82, 2.24) is 10.2 Å². The number of rotatable bonds is 11. The van der Waals surface area contributed by atoms with Crippen LogP contribution in [-0.2, 0) is 29.1 Å². The second-order valence-electron chi connectivity index (χ2n) is 11.7. The number of carbonyl (C=O) groups excluding carboxylic acids is 3. The molecule has 1 amide bonds. The van der Waals surface area contributed by atoms with E-state index < -0.39 is 59.7 Å². The Balaban J connectivity index is 1.82. The standard InChI is InChI=1S/C31H39FN4O7/c1-35(2)22-11-18(14-34-13-16-7-5-6-8-21(16)32)28(40)27-19(22)9-17-10-20(23(15-37)36(3)4)31(43,24(38)12-25(33)39)30(42)26(17)29(27)41/h5-8,11,17,20,23,34,37,40,42-43H,9-10,12-15H2,1-4H3,(H2,33,39)/t17-,20-,23-,31+/m0/s1. The Bertz CT molecular complexity index is 1470. The van der Waals surface area contributed by atoms with Gasteiger partial charge in [-0.1, -0.05) is 18.2 Å². The second kappa shape index (κ2) is 12.4. The molecule has 4 atom stereocenters. The summed E-state index contributed by atoms with van der Waals surface area (Å²) in [6.45, 7) is -0.229. The minimum atomic E-state index is -2.68. The zero-order valence-corrected chi connectivity index (χ0v) is 24.7. The van der Waals surface area contributed by atoms with Gasteiger partial charge in [0.05, 0.1) is 18.6 Å². The summed E-state index contributed by atoms with van der Waals surface area (Å²) in [5, 5.41) is 48.0. The molecule has 0 aromatic heterocycles. The zero-order chi connectivity index (χ0) is 31.8. The first kappa shape index (κ1) is 32.1. The molecule has 0 saturated heterocycles. The summed E-state index contributed by atoms with van der Waals surface area (Å²) >= 11 is 0. The Morgan fingerprint density at radius 2 is 1.79 bits per heavy atom.